The first-order chi connectivity index (χ1) is 11.1. The molecule has 0 unspecified atom stereocenters. The van der Waals surface area contributed by atoms with Crippen molar-refractivity contribution in [1.82, 2.24) is 19.7 Å². The van der Waals surface area contributed by atoms with Gasteiger partial charge in [0.15, 0.2) is 5.16 Å². The average Bonchev–Trinajstić information content (AvgIpc) is 2.60. The number of piperazine rings is 1. The van der Waals surface area contributed by atoms with Crippen LogP contribution in [0, 0.1) is 0 Å². The van der Waals surface area contributed by atoms with Gasteiger partial charge in [-0.2, -0.15) is 5.10 Å². The van der Waals surface area contributed by atoms with E-state index in [-0.39, 0.29) is 10.6 Å². The largest absolute Gasteiger partial charge is 0.365 e. The molecule has 3 rings (SSSR count). The van der Waals surface area contributed by atoms with Gasteiger partial charge in [-0.1, -0.05) is 23.4 Å². The zero-order chi connectivity index (χ0) is 16.4. The topological polar surface area (TPSA) is 67.2 Å². The highest BCUT2D eigenvalue weighted by atomic mass is 35.5. The molecule has 0 N–H and O–H groups in total. The summed E-state index contributed by atoms with van der Waals surface area (Å²) in [6.45, 7) is 3.12. The molecule has 1 aliphatic rings. The zero-order valence-corrected chi connectivity index (χ0v) is 14.5. The number of rotatable bonds is 3. The Kier molecular flexibility index (Phi) is 4.72. The minimum atomic E-state index is -0.271. The highest BCUT2D eigenvalue weighted by molar-refractivity contribution is 7.98. The summed E-state index contributed by atoms with van der Waals surface area (Å²) in [7, 11) is 1.59. The molecule has 0 amide bonds. The summed E-state index contributed by atoms with van der Waals surface area (Å²) in [5.74, 6) is 0.928. The van der Waals surface area contributed by atoms with Crippen molar-refractivity contribution in [3.63, 3.8) is 0 Å². The van der Waals surface area contributed by atoms with Crippen molar-refractivity contribution in [2.75, 3.05) is 42.2 Å². The maximum absolute atomic E-state index is 11.9. The number of halogens is 1. The summed E-state index contributed by atoms with van der Waals surface area (Å²) in [5.41, 5.74) is 0.425. The number of nitrogens with zero attached hydrogens (tertiary/aromatic N) is 6. The third-order valence-corrected chi connectivity index (χ3v) is 4.72. The number of aromatic nitrogens is 4. The van der Waals surface area contributed by atoms with Crippen molar-refractivity contribution in [2.24, 2.45) is 7.05 Å². The van der Waals surface area contributed by atoms with Crippen molar-refractivity contribution >= 4 is 34.9 Å². The Labute approximate surface area is 143 Å². The molecular formula is C14H17ClN6OS. The molecule has 9 heteroatoms. The van der Waals surface area contributed by atoms with Crippen LogP contribution in [0.3, 0.4) is 0 Å². The van der Waals surface area contributed by atoms with Crippen molar-refractivity contribution in [3.05, 3.63) is 33.8 Å². The van der Waals surface area contributed by atoms with Gasteiger partial charge in [0.1, 0.15) is 10.8 Å². The summed E-state index contributed by atoms with van der Waals surface area (Å²) in [5, 5.41) is 5.05. The summed E-state index contributed by atoms with van der Waals surface area (Å²) in [6, 6.07) is 1.92. The van der Waals surface area contributed by atoms with Gasteiger partial charge in [-0.25, -0.2) is 14.6 Å². The number of hydrogen-bond donors (Lipinski definition) is 0. The minimum Gasteiger partial charge on any atom is -0.365 e. The van der Waals surface area contributed by atoms with E-state index in [4.69, 9.17) is 11.6 Å². The molecule has 122 valence electrons. The van der Waals surface area contributed by atoms with E-state index in [1.54, 1.807) is 19.4 Å². The molecule has 0 aromatic carbocycles. The first kappa shape index (κ1) is 16.1. The molecule has 1 aliphatic heterocycles. The normalized spacial score (nSPS) is 15.1. The molecule has 0 saturated carbocycles. The molecule has 0 aliphatic carbocycles. The van der Waals surface area contributed by atoms with Gasteiger partial charge in [-0.05, 0) is 12.3 Å². The van der Waals surface area contributed by atoms with Gasteiger partial charge < -0.3 is 9.80 Å². The van der Waals surface area contributed by atoms with E-state index in [0.717, 1.165) is 37.2 Å². The fraction of sp³-hybridized carbons (Fsp3) is 0.429. The molecule has 3 heterocycles. The van der Waals surface area contributed by atoms with E-state index in [9.17, 15) is 4.79 Å². The van der Waals surface area contributed by atoms with Crippen LogP contribution in [0.1, 0.15) is 0 Å². The second-order valence-corrected chi connectivity index (χ2v) is 6.30. The molecule has 1 saturated heterocycles. The van der Waals surface area contributed by atoms with Crippen LogP contribution in [0.4, 0.5) is 11.5 Å². The summed E-state index contributed by atoms with van der Waals surface area (Å²) < 4.78 is 1.24. The smallest absolute Gasteiger partial charge is 0.287 e. The summed E-state index contributed by atoms with van der Waals surface area (Å²) >= 11 is 7.70. The minimum absolute atomic E-state index is 0.225. The third-order valence-electron chi connectivity index (χ3n) is 3.81. The van der Waals surface area contributed by atoms with Crippen LogP contribution in [0.5, 0.6) is 0 Å². The van der Waals surface area contributed by atoms with Crippen molar-refractivity contribution in [3.8, 4) is 0 Å². The number of anilines is 2. The van der Waals surface area contributed by atoms with Gasteiger partial charge >= 0.3 is 0 Å². The van der Waals surface area contributed by atoms with Gasteiger partial charge in [0.05, 0.1) is 11.9 Å². The molecule has 0 radical (unpaired) electrons. The molecular weight excluding hydrogens is 336 g/mol. The Morgan fingerprint density at radius 2 is 1.91 bits per heavy atom. The third kappa shape index (κ3) is 3.28. The second-order valence-electron chi connectivity index (χ2n) is 5.15. The Hall–Kier alpha value is -1.80. The average molecular weight is 353 g/mol. The molecule has 0 spiro atoms. The van der Waals surface area contributed by atoms with Crippen molar-refractivity contribution in [2.45, 2.75) is 5.16 Å². The van der Waals surface area contributed by atoms with Crippen LogP contribution in [0.15, 0.2) is 28.4 Å². The van der Waals surface area contributed by atoms with Crippen LogP contribution in [-0.2, 0) is 7.05 Å². The van der Waals surface area contributed by atoms with Gasteiger partial charge in [-0.15, -0.1) is 0 Å². The highest BCUT2D eigenvalue weighted by Gasteiger charge is 2.21. The molecule has 23 heavy (non-hydrogen) atoms. The monoisotopic (exact) mass is 352 g/mol. The van der Waals surface area contributed by atoms with Crippen LogP contribution < -0.4 is 15.4 Å². The van der Waals surface area contributed by atoms with Crippen LogP contribution >= 0.6 is 23.4 Å². The lowest BCUT2D eigenvalue weighted by Gasteiger charge is -2.36. The zero-order valence-electron chi connectivity index (χ0n) is 12.9. The van der Waals surface area contributed by atoms with E-state index in [2.05, 4.69) is 24.9 Å². The first-order valence-corrected chi connectivity index (χ1v) is 8.79. The lowest BCUT2D eigenvalue weighted by atomic mass is 10.3. The van der Waals surface area contributed by atoms with Gasteiger partial charge in [0.25, 0.3) is 5.56 Å². The van der Waals surface area contributed by atoms with E-state index in [1.807, 2.05) is 12.3 Å². The lowest BCUT2D eigenvalue weighted by molar-refractivity contribution is 0.635. The number of aryl methyl sites for hydroxylation is 1. The van der Waals surface area contributed by atoms with E-state index in [1.165, 1.54) is 16.4 Å². The Morgan fingerprint density at radius 1 is 1.22 bits per heavy atom. The molecule has 0 atom stereocenters. The molecule has 7 nitrogen and oxygen atoms in total. The van der Waals surface area contributed by atoms with Gasteiger partial charge in [0, 0.05) is 39.4 Å². The molecule has 0 bridgehead atoms. The van der Waals surface area contributed by atoms with Gasteiger partial charge in [-0.3, -0.25) is 4.79 Å². The quantitative estimate of drug-likeness (QED) is 0.608. The number of thioether (sulfide) groups is 1. The van der Waals surface area contributed by atoms with E-state index in [0.29, 0.717) is 5.69 Å². The van der Waals surface area contributed by atoms with E-state index < -0.39 is 0 Å². The summed E-state index contributed by atoms with van der Waals surface area (Å²) in [6.07, 6.45) is 5.39. The molecule has 2 aromatic heterocycles. The standard InChI is InChI=1S/C14H17ClN6OS/c1-19-13(22)12(15)10(9-17-19)20-5-7-21(8-6-20)11-3-4-16-14(18-11)23-2/h3-4,9H,5-8H2,1-2H3. The Bertz CT molecular complexity index is 759. The molecule has 2 aromatic rings. The predicted molar refractivity (Wildman–Crippen MR) is 92.7 cm³/mol. The predicted octanol–water partition coefficient (Wildman–Crippen LogP) is 1.27. The maximum Gasteiger partial charge on any atom is 0.287 e. The SMILES string of the molecule is CSc1nccc(N2CCN(c3cnn(C)c(=O)c3Cl)CC2)n1. The van der Waals surface area contributed by atoms with Crippen LogP contribution in [0.2, 0.25) is 5.02 Å². The highest BCUT2D eigenvalue weighted by Crippen LogP contribution is 2.23. The molecule has 1 fully saturated rings. The Morgan fingerprint density at radius 3 is 2.61 bits per heavy atom. The number of hydrogen-bond acceptors (Lipinski definition) is 7. The fourth-order valence-electron chi connectivity index (χ4n) is 2.51. The van der Waals surface area contributed by atoms with Crippen LogP contribution in [0.25, 0.3) is 0 Å². The second kappa shape index (κ2) is 6.76. The first-order valence-electron chi connectivity index (χ1n) is 7.19. The Balaban J connectivity index is 1.73. The van der Waals surface area contributed by atoms with E-state index >= 15 is 0 Å². The van der Waals surface area contributed by atoms with Crippen molar-refractivity contribution < 1.29 is 0 Å². The lowest BCUT2D eigenvalue weighted by Crippen LogP contribution is -2.47. The fourth-order valence-corrected chi connectivity index (χ4v) is 3.15. The van der Waals surface area contributed by atoms with Crippen LogP contribution in [-0.4, -0.2) is 52.2 Å². The van der Waals surface area contributed by atoms with Crippen molar-refractivity contribution in [1.29, 1.82) is 0 Å². The van der Waals surface area contributed by atoms with Gasteiger partial charge in [0.2, 0.25) is 0 Å². The maximum atomic E-state index is 11.9. The summed E-state index contributed by atoms with van der Waals surface area (Å²) in [4.78, 5) is 24.9.